The van der Waals surface area contributed by atoms with Gasteiger partial charge in [0, 0.05) is 11.6 Å². The van der Waals surface area contributed by atoms with Crippen molar-refractivity contribution in [2.24, 2.45) is 4.99 Å². The Kier molecular flexibility index (Phi) is 5.50. The first kappa shape index (κ1) is 18.8. The zero-order valence-corrected chi connectivity index (χ0v) is 16.9. The Hall–Kier alpha value is -2.57. The van der Waals surface area contributed by atoms with Crippen molar-refractivity contribution < 1.29 is 9.47 Å². The highest BCUT2D eigenvalue weighted by molar-refractivity contribution is 7.07. The molecule has 0 N–H and O–H groups in total. The first-order valence-electron chi connectivity index (χ1n) is 9.04. The fraction of sp³-hybridized carbons (Fsp3) is 0.238. The van der Waals surface area contributed by atoms with Gasteiger partial charge in [-0.15, -0.1) is 0 Å². The quantitative estimate of drug-likeness (QED) is 0.623. The Labute approximate surface area is 171 Å². The molecule has 0 atom stereocenters. The van der Waals surface area contributed by atoms with Crippen LogP contribution in [-0.2, 0) is 13.2 Å². The Morgan fingerprint density at radius 1 is 1.18 bits per heavy atom. The molecule has 1 aliphatic heterocycles. The lowest BCUT2D eigenvalue weighted by Gasteiger charge is -2.12. The van der Waals surface area contributed by atoms with E-state index in [1.54, 1.807) is 4.57 Å². The van der Waals surface area contributed by atoms with Gasteiger partial charge < -0.3 is 9.47 Å². The molecule has 0 bridgehead atoms. The summed E-state index contributed by atoms with van der Waals surface area (Å²) in [5.74, 6) is 1.31. The average Bonchev–Trinajstić information content (AvgIpc) is 3.26. The zero-order chi connectivity index (χ0) is 19.5. The van der Waals surface area contributed by atoms with E-state index >= 15 is 0 Å². The zero-order valence-electron chi connectivity index (χ0n) is 15.4. The number of fused-ring (bicyclic) bond motifs is 1. The van der Waals surface area contributed by atoms with Crippen molar-refractivity contribution >= 4 is 29.0 Å². The molecular weight excluding hydrogens is 396 g/mol. The normalized spacial score (nSPS) is 13.3. The molecule has 0 saturated heterocycles. The molecule has 1 aliphatic rings. The summed E-state index contributed by atoms with van der Waals surface area (Å²) in [4.78, 5) is 17.6. The van der Waals surface area contributed by atoms with Crippen molar-refractivity contribution in [3.05, 3.63) is 78.3 Å². The molecule has 7 heteroatoms. The minimum Gasteiger partial charge on any atom is -0.490 e. The molecule has 0 amide bonds. The van der Waals surface area contributed by atoms with Gasteiger partial charge in [0.05, 0.1) is 17.7 Å². The summed E-state index contributed by atoms with van der Waals surface area (Å²) in [7, 11) is 0. The van der Waals surface area contributed by atoms with Crippen LogP contribution >= 0.6 is 22.9 Å². The molecule has 3 aromatic rings. The van der Waals surface area contributed by atoms with Crippen LogP contribution in [0.4, 0.5) is 0 Å². The maximum Gasteiger partial charge on any atom is 0.270 e. The van der Waals surface area contributed by atoms with Gasteiger partial charge in [0.15, 0.2) is 16.3 Å². The maximum absolute atomic E-state index is 12.4. The molecule has 0 saturated carbocycles. The van der Waals surface area contributed by atoms with Crippen LogP contribution in [0.25, 0.3) is 6.08 Å². The summed E-state index contributed by atoms with van der Waals surface area (Å²) in [6, 6.07) is 13.2. The molecule has 0 aliphatic carbocycles. The number of benzene rings is 2. The number of nitrogens with zero attached hydrogens (tertiary/aromatic N) is 2. The minimum atomic E-state index is 0.0160. The Morgan fingerprint density at radius 2 is 2.00 bits per heavy atom. The van der Waals surface area contributed by atoms with Crippen LogP contribution in [0.15, 0.2) is 52.3 Å². The van der Waals surface area contributed by atoms with Crippen LogP contribution in [0, 0.1) is 0 Å². The second-order valence-corrected chi connectivity index (χ2v) is 7.73. The minimum absolute atomic E-state index is 0.0160. The van der Waals surface area contributed by atoms with E-state index in [0.717, 1.165) is 15.9 Å². The molecule has 0 spiro atoms. The summed E-state index contributed by atoms with van der Waals surface area (Å²) < 4.78 is 14.1. The summed E-state index contributed by atoms with van der Waals surface area (Å²) >= 11 is 7.34. The standard InChI is InChI=1S/C21H19ClN2O3S/c1-2-26-18-11-15(12-19-20(25)24-10-9-23-21(24)28-19)5-8-17(18)27-13-14-3-6-16(22)7-4-14/h3-8,11-12H,2,9-10,13H2,1H3. The molecule has 0 unspecified atom stereocenters. The number of hydrogen-bond acceptors (Lipinski definition) is 5. The average molecular weight is 415 g/mol. The fourth-order valence-corrected chi connectivity index (χ4v) is 4.12. The SMILES string of the molecule is CCOc1cc(C=c2sc3n(c2=O)CCN=3)ccc1OCc1ccc(Cl)cc1. The van der Waals surface area contributed by atoms with Gasteiger partial charge in [-0.05, 0) is 48.4 Å². The van der Waals surface area contributed by atoms with Crippen molar-refractivity contribution in [2.75, 3.05) is 13.2 Å². The van der Waals surface area contributed by atoms with Gasteiger partial charge in [0.2, 0.25) is 0 Å². The maximum atomic E-state index is 12.4. The van der Waals surface area contributed by atoms with Crippen molar-refractivity contribution in [2.45, 2.75) is 20.1 Å². The summed E-state index contributed by atoms with van der Waals surface area (Å²) in [5.41, 5.74) is 1.93. The highest BCUT2D eigenvalue weighted by atomic mass is 35.5. The molecule has 144 valence electrons. The number of thiazole rings is 1. The second kappa shape index (κ2) is 8.20. The lowest BCUT2D eigenvalue weighted by molar-refractivity contribution is 0.269. The van der Waals surface area contributed by atoms with Gasteiger partial charge >= 0.3 is 0 Å². The lowest BCUT2D eigenvalue weighted by Crippen LogP contribution is -2.29. The predicted octanol–water partition coefficient (Wildman–Crippen LogP) is 3.00. The Bertz CT molecular complexity index is 1170. The van der Waals surface area contributed by atoms with E-state index in [9.17, 15) is 4.79 Å². The number of rotatable bonds is 6. The highest BCUT2D eigenvalue weighted by Gasteiger charge is 2.11. The first-order valence-corrected chi connectivity index (χ1v) is 10.2. The number of halogens is 1. The van der Waals surface area contributed by atoms with Gasteiger partial charge in [0.1, 0.15) is 6.61 Å². The smallest absolute Gasteiger partial charge is 0.270 e. The van der Waals surface area contributed by atoms with Crippen LogP contribution in [0.1, 0.15) is 18.1 Å². The largest absolute Gasteiger partial charge is 0.490 e. The monoisotopic (exact) mass is 414 g/mol. The Balaban J connectivity index is 1.61. The van der Waals surface area contributed by atoms with Crippen LogP contribution in [0.3, 0.4) is 0 Å². The van der Waals surface area contributed by atoms with Crippen molar-refractivity contribution in [1.82, 2.24) is 4.57 Å². The molecule has 28 heavy (non-hydrogen) atoms. The van der Waals surface area contributed by atoms with E-state index in [1.807, 2.05) is 55.5 Å². The highest BCUT2D eigenvalue weighted by Crippen LogP contribution is 2.29. The number of ether oxygens (including phenoxy) is 2. The van der Waals surface area contributed by atoms with E-state index in [2.05, 4.69) is 4.99 Å². The van der Waals surface area contributed by atoms with Crippen LogP contribution < -0.4 is 24.4 Å². The molecule has 2 heterocycles. The van der Waals surface area contributed by atoms with Gasteiger partial charge in [-0.3, -0.25) is 14.4 Å². The van der Waals surface area contributed by atoms with Crippen LogP contribution in [0.2, 0.25) is 5.02 Å². The van der Waals surface area contributed by atoms with Crippen molar-refractivity contribution in [3.63, 3.8) is 0 Å². The van der Waals surface area contributed by atoms with Crippen LogP contribution in [-0.4, -0.2) is 17.7 Å². The number of aromatic nitrogens is 1. The summed E-state index contributed by atoms with van der Waals surface area (Å²) in [6.45, 7) is 4.23. The molecule has 2 aromatic carbocycles. The third-order valence-corrected chi connectivity index (χ3v) is 5.63. The molecule has 4 rings (SSSR count). The number of hydrogen-bond donors (Lipinski definition) is 0. The molecule has 0 fully saturated rings. The third kappa shape index (κ3) is 3.98. The Morgan fingerprint density at radius 3 is 2.75 bits per heavy atom. The van der Waals surface area contributed by atoms with E-state index < -0.39 is 0 Å². The summed E-state index contributed by atoms with van der Waals surface area (Å²) in [6.07, 6.45) is 1.87. The fourth-order valence-electron chi connectivity index (χ4n) is 2.96. The van der Waals surface area contributed by atoms with Gasteiger partial charge in [0.25, 0.3) is 5.56 Å². The van der Waals surface area contributed by atoms with Gasteiger partial charge in [-0.25, -0.2) is 0 Å². The van der Waals surface area contributed by atoms with E-state index in [4.69, 9.17) is 21.1 Å². The third-order valence-electron chi connectivity index (χ3n) is 4.33. The molecule has 5 nitrogen and oxygen atoms in total. The second-order valence-electron chi connectivity index (χ2n) is 6.29. The molecule has 1 aromatic heterocycles. The molecular formula is C21H19ClN2O3S. The topological polar surface area (TPSA) is 52.8 Å². The lowest BCUT2D eigenvalue weighted by atomic mass is 10.2. The van der Waals surface area contributed by atoms with Crippen molar-refractivity contribution in [1.29, 1.82) is 0 Å². The predicted molar refractivity (Wildman–Crippen MR) is 111 cm³/mol. The molecule has 0 radical (unpaired) electrons. The first-order chi connectivity index (χ1) is 13.6. The van der Waals surface area contributed by atoms with Gasteiger partial charge in [-0.2, -0.15) is 0 Å². The summed E-state index contributed by atoms with van der Waals surface area (Å²) in [5, 5.41) is 0.696. The van der Waals surface area contributed by atoms with Crippen LogP contribution in [0.5, 0.6) is 11.5 Å². The van der Waals surface area contributed by atoms with Gasteiger partial charge in [-0.1, -0.05) is 41.1 Å². The van der Waals surface area contributed by atoms with E-state index in [-0.39, 0.29) is 5.56 Å². The van der Waals surface area contributed by atoms with E-state index in [0.29, 0.717) is 47.4 Å². The van der Waals surface area contributed by atoms with E-state index in [1.165, 1.54) is 11.3 Å². The van der Waals surface area contributed by atoms with Crippen molar-refractivity contribution in [3.8, 4) is 11.5 Å².